The first-order valence-electron chi connectivity index (χ1n) is 15.9. The van der Waals surface area contributed by atoms with E-state index in [1.807, 2.05) is 0 Å². The zero-order valence-corrected chi connectivity index (χ0v) is 27.3. The fraction of sp³-hybridized carbons (Fsp3) is 0. The Bertz CT molecular complexity index is 3170. The molecule has 6 aromatic heterocycles. The summed E-state index contributed by atoms with van der Waals surface area (Å²) < 4.78 is 24.1. The minimum absolute atomic E-state index is 0.908. The predicted molar refractivity (Wildman–Crippen MR) is 207 cm³/mol. The average molecular weight is 667 g/mol. The zero-order valence-electron chi connectivity index (χ0n) is 24.8. The van der Waals surface area contributed by atoms with Crippen molar-refractivity contribution < 1.29 is 13.3 Å². The van der Waals surface area contributed by atoms with Crippen molar-refractivity contribution in [3.05, 3.63) is 107 Å². The second kappa shape index (κ2) is 8.35. The fourth-order valence-electron chi connectivity index (χ4n) is 8.68. The molecule has 0 unspecified atom stereocenters. The highest BCUT2D eigenvalue weighted by Crippen LogP contribution is 2.57. The maximum absolute atomic E-state index is 6.81. The summed E-state index contributed by atoms with van der Waals surface area (Å²) in [4.78, 5) is 0. The van der Waals surface area contributed by atoms with Crippen LogP contribution in [0, 0.1) is 0 Å². The fourth-order valence-corrected chi connectivity index (χ4v) is 11.5. The van der Waals surface area contributed by atoms with Crippen LogP contribution in [0.5, 0.6) is 0 Å². The minimum atomic E-state index is 0.908. The van der Waals surface area contributed by atoms with Gasteiger partial charge in [-0.05, 0) is 52.5 Å². The van der Waals surface area contributed by atoms with Gasteiger partial charge in [0, 0.05) is 94.9 Å². The van der Waals surface area contributed by atoms with Gasteiger partial charge in [0.25, 0.3) is 0 Å². The van der Waals surface area contributed by atoms with E-state index >= 15 is 0 Å². The van der Waals surface area contributed by atoms with Gasteiger partial charge >= 0.3 is 0 Å². The molecule has 0 saturated carbocycles. The van der Waals surface area contributed by atoms with Crippen LogP contribution in [-0.4, -0.2) is 0 Å². The third-order valence-corrected chi connectivity index (χ3v) is 13.2. The first-order valence-corrected chi connectivity index (χ1v) is 18.5. The van der Waals surface area contributed by atoms with Crippen LogP contribution < -0.4 is 0 Å². The van der Waals surface area contributed by atoms with Crippen LogP contribution in [0.3, 0.4) is 0 Å². The van der Waals surface area contributed by atoms with Crippen LogP contribution in [0.2, 0.25) is 0 Å². The van der Waals surface area contributed by atoms with Crippen molar-refractivity contribution in [2.75, 3.05) is 0 Å². The van der Waals surface area contributed by atoms with E-state index in [2.05, 4.69) is 107 Å². The Morgan fingerprint density at radius 2 is 0.604 bits per heavy atom. The molecule has 0 radical (unpaired) electrons. The molecule has 7 aromatic carbocycles. The molecule has 0 aliphatic heterocycles. The molecule has 13 aromatic rings. The number of fused-ring (bicyclic) bond motifs is 27. The van der Waals surface area contributed by atoms with E-state index < -0.39 is 0 Å². The van der Waals surface area contributed by atoms with E-state index in [9.17, 15) is 0 Å². The highest BCUT2D eigenvalue weighted by atomic mass is 32.1. The van der Waals surface area contributed by atoms with Crippen molar-refractivity contribution in [3.63, 3.8) is 0 Å². The van der Waals surface area contributed by atoms with E-state index in [0.29, 0.717) is 0 Å². The maximum Gasteiger partial charge on any atom is 0.144 e. The lowest BCUT2D eigenvalue weighted by molar-refractivity contribution is 0.672. The molecule has 0 saturated heterocycles. The van der Waals surface area contributed by atoms with Gasteiger partial charge in [-0.25, -0.2) is 0 Å². The van der Waals surface area contributed by atoms with Crippen molar-refractivity contribution in [1.82, 2.24) is 0 Å². The third kappa shape index (κ3) is 2.70. The lowest BCUT2D eigenvalue weighted by Gasteiger charge is -2.16. The zero-order chi connectivity index (χ0) is 30.8. The molecular formula is C42H18O3S3. The SMILES string of the molecule is c1ccc2c(c1)oc1c3ccsc3c3c(c21)c1c2sccc2c2oc4ccccc4c2c1c1c2sccc2c2oc4ccccc4c2c31. The largest absolute Gasteiger partial charge is 0.455 e. The van der Waals surface area contributed by atoms with Gasteiger partial charge in [0.05, 0.1) is 0 Å². The van der Waals surface area contributed by atoms with Gasteiger partial charge in [-0.3, -0.25) is 0 Å². The lowest BCUT2D eigenvalue weighted by Crippen LogP contribution is -1.89. The molecule has 6 heterocycles. The van der Waals surface area contributed by atoms with E-state index in [-0.39, 0.29) is 0 Å². The van der Waals surface area contributed by atoms with Gasteiger partial charge in [-0.1, -0.05) is 54.6 Å². The van der Waals surface area contributed by atoms with Crippen LogP contribution in [0.4, 0.5) is 0 Å². The average Bonchev–Trinajstić information content (AvgIpc) is 3.97. The highest BCUT2D eigenvalue weighted by Gasteiger charge is 2.29. The first kappa shape index (κ1) is 24.7. The summed E-state index contributed by atoms with van der Waals surface area (Å²) in [6.45, 7) is 0. The number of thiophene rings is 3. The van der Waals surface area contributed by atoms with Crippen molar-refractivity contribution in [2.45, 2.75) is 0 Å². The molecule has 0 aliphatic rings. The molecule has 13 rings (SSSR count). The maximum atomic E-state index is 6.81. The highest BCUT2D eigenvalue weighted by molar-refractivity contribution is 7.20. The molecule has 0 N–H and O–H groups in total. The number of furan rings is 3. The number of rotatable bonds is 0. The summed E-state index contributed by atoms with van der Waals surface area (Å²) >= 11 is 5.41. The summed E-state index contributed by atoms with van der Waals surface area (Å²) in [5, 5.41) is 24.6. The van der Waals surface area contributed by atoms with Crippen molar-refractivity contribution in [3.8, 4) is 0 Å². The van der Waals surface area contributed by atoms with Gasteiger partial charge in [0.2, 0.25) is 0 Å². The predicted octanol–water partition coefficient (Wildman–Crippen LogP) is 14.5. The first-order chi connectivity index (χ1) is 23.8. The van der Waals surface area contributed by atoms with Crippen molar-refractivity contribution in [2.24, 2.45) is 0 Å². The Labute approximate surface area is 281 Å². The lowest BCUT2D eigenvalue weighted by atomic mass is 9.86. The van der Waals surface area contributed by atoms with Crippen LogP contribution >= 0.6 is 34.0 Å². The molecular weight excluding hydrogens is 649 g/mol. The van der Waals surface area contributed by atoms with Gasteiger partial charge in [-0.2, -0.15) is 0 Å². The van der Waals surface area contributed by atoms with E-state index in [4.69, 9.17) is 13.3 Å². The molecule has 6 heteroatoms. The van der Waals surface area contributed by atoms with Gasteiger partial charge in [0.1, 0.15) is 33.5 Å². The quantitative estimate of drug-likeness (QED) is 0.151. The second-order valence-corrected chi connectivity index (χ2v) is 15.4. The van der Waals surface area contributed by atoms with Crippen LogP contribution in [0.25, 0.3) is 128 Å². The number of hydrogen-bond acceptors (Lipinski definition) is 6. The smallest absolute Gasteiger partial charge is 0.144 e. The Hall–Kier alpha value is -5.40. The molecule has 3 nitrogen and oxygen atoms in total. The summed E-state index contributed by atoms with van der Waals surface area (Å²) in [5.74, 6) is 0. The molecule has 222 valence electrons. The molecule has 0 aliphatic carbocycles. The Morgan fingerprint density at radius 1 is 0.292 bits per heavy atom. The van der Waals surface area contributed by atoms with Crippen LogP contribution in [-0.2, 0) is 0 Å². The summed E-state index contributed by atoms with van der Waals surface area (Å²) in [6, 6.07) is 32.3. The van der Waals surface area contributed by atoms with E-state index in [1.165, 1.54) is 62.6 Å². The molecule has 0 atom stereocenters. The summed E-state index contributed by atoms with van der Waals surface area (Å²) in [5.41, 5.74) is 5.58. The summed E-state index contributed by atoms with van der Waals surface area (Å²) in [7, 11) is 0. The summed E-state index contributed by atoms with van der Waals surface area (Å²) in [6.07, 6.45) is 0. The molecule has 0 fully saturated rings. The monoisotopic (exact) mass is 666 g/mol. The van der Waals surface area contributed by atoms with Crippen molar-refractivity contribution in [1.29, 1.82) is 0 Å². The number of benzene rings is 7. The minimum Gasteiger partial charge on any atom is -0.455 e. The third-order valence-electron chi connectivity index (χ3n) is 10.4. The molecule has 0 bridgehead atoms. The topological polar surface area (TPSA) is 39.4 Å². The molecule has 0 spiro atoms. The Morgan fingerprint density at radius 3 is 0.938 bits per heavy atom. The number of hydrogen-bond donors (Lipinski definition) is 0. The van der Waals surface area contributed by atoms with Crippen LogP contribution in [0.1, 0.15) is 0 Å². The van der Waals surface area contributed by atoms with E-state index in [1.54, 1.807) is 34.0 Å². The molecule has 48 heavy (non-hydrogen) atoms. The molecule has 0 amide bonds. The van der Waals surface area contributed by atoms with Crippen LogP contribution in [0.15, 0.2) is 120 Å². The Kier molecular flexibility index (Phi) is 4.30. The van der Waals surface area contributed by atoms with Gasteiger partial charge in [-0.15, -0.1) is 34.0 Å². The van der Waals surface area contributed by atoms with Crippen molar-refractivity contribution >= 4 is 162 Å². The standard InChI is InChI=1S/C42H18O3S3/c1-4-10-25-19(7-1)28-31-34(40-22(13-16-46-40)37(28)43-25)32-29-20-8-2-6-12-27(20)45-39(29)24-15-18-48-42(24)36(32)33-30-21-9-3-5-11-26(21)44-38(30)23-14-17-47-41(23)35(31)33/h1-18H. The number of para-hydroxylation sites is 3. The Balaban J connectivity index is 1.56. The van der Waals surface area contributed by atoms with Gasteiger partial charge < -0.3 is 13.3 Å². The normalized spacial score (nSPS) is 13.0. The van der Waals surface area contributed by atoms with E-state index in [0.717, 1.165) is 65.8 Å². The van der Waals surface area contributed by atoms with Gasteiger partial charge in [0.15, 0.2) is 0 Å². The second-order valence-electron chi connectivity index (χ2n) is 12.6.